The van der Waals surface area contributed by atoms with Crippen molar-refractivity contribution in [2.24, 2.45) is 0 Å². The zero-order valence-corrected chi connectivity index (χ0v) is 9.35. The summed E-state index contributed by atoms with van der Waals surface area (Å²) in [5.41, 5.74) is 0. The van der Waals surface area contributed by atoms with Crippen molar-refractivity contribution < 1.29 is 19.8 Å². The highest BCUT2D eigenvalue weighted by atomic mass is 16.4. The largest absolute Gasteiger partial charge is 0.480 e. The van der Waals surface area contributed by atoms with Gasteiger partial charge in [0.2, 0.25) is 0 Å². The van der Waals surface area contributed by atoms with Crippen LogP contribution in [0.25, 0.3) is 0 Å². The van der Waals surface area contributed by atoms with Crippen LogP contribution in [0.4, 0.5) is 4.79 Å². The first kappa shape index (κ1) is 12.8. The molecule has 3 N–H and O–H groups in total. The Hall–Kier alpha value is -1.30. The predicted octanol–water partition coefficient (Wildman–Crippen LogP) is 0.0159. The smallest absolute Gasteiger partial charge is 0.326 e. The Morgan fingerprint density at radius 2 is 2.12 bits per heavy atom. The molecule has 0 aromatic rings. The minimum Gasteiger partial charge on any atom is -0.480 e. The monoisotopic (exact) mass is 230 g/mol. The molecule has 1 fully saturated rings. The summed E-state index contributed by atoms with van der Waals surface area (Å²) in [6, 6.07) is -1.11. The van der Waals surface area contributed by atoms with E-state index in [2.05, 4.69) is 5.32 Å². The number of aliphatic hydroxyl groups is 1. The van der Waals surface area contributed by atoms with Crippen molar-refractivity contribution in [3.8, 4) is 0 Å². The van der Waals surface area contributed by atoms with Crippen LogP contribution >= 0.6 is 0 Å². The number of carboxylic acid groups (broad SMARTS) is 1. The lowest BCUT2D eigenvalue weighted by Crippen LogP contribution is -2.49. The van der Waals surface area contributed by atoms with Crippen LogP contribution in [0.2, 0.25) is 0 Å². The number of aliphatic carboxylic acids is 1. The van der Waals surface area contributed by atoms with Crippen molar-refractivity contribution in [2.45, 2.75) is 38.3 Å². The molecule has 0 spiro atoms. The van der Waals surface area contributed by atoms with E-state index in [4.69, 9.17) is 10.2 Å². The Labute approximate surface area is 94.2 Å². The molecule has 0 aromatic heterocycles. The average molecular weight is 230 g/mol. The third-order valence-corrected chi connectivity index (χ3v) is 2.60. The summed E-state index contributed by atoms with van der Waals surface area (Å²) in [6.07, 6.45) is 2.00. The first-order chi connectivity index (χ1) is 7.60. The number of amides is 2. The van der Waals surface area contributed by atoms with E-state index in [0.717, 1.165) is 12.8 Å². The Kier molecular flexibility index (Phi) is 4.54. The molecule has 6 heteroatoms. The van der Waals surface area contributed by atoms with Gasteiger partial charge in [0.15, 0.2) is 0 Å². The lowest BCUT2D eigenvalue weighted by Gasteiger charge is -2.23. The summed E-state index contributed by atoms with van der Waals surface area (Å²) in [6.45, 7) is 2.18. The molecule has 0 bridgehead atoms. The molecule has 2 amide bonds. The molecule has 1 saturated carbocycles. The lowest BCUT2D eigenvalue weighted by atomic mass is 10.2. The highest BCUT2D eigenvalue weighted by Crippen LogP contribution is 2.26. The lowest BCUT2D eigenvalue weighted by molar-refractivity contribution is -0.139. The highest BCUT2D eigenvalue weighted by molar-refractivity contribution is 5.82. The van der Waals surface area contributed by atoms with Crippen LogP contribution in [0, 0.1) is 0 Å². The molecule has 1 aliphatic carbocycles. The van der Waals surface area contributed by atoms with Gasteiger partial charge in [-0.3, -0.25) is 0 Å². The Morgan fingerprint density at radius 3 is 2.50 bits per heavy atom. The SMILES string of the molecule is CCN(C(=O)NC(CCO)C(=O)O)C1CC1. The maximum absolute atomic E-state index is 11.7. The van der Waals surface area contributed by atoms with Gasteiger partial charge in [-0.2, -0.15) is 0 Å². The maximum Gasteiger partial charge on any atom is 0.326 e. The second kappa shape index (κ2) is 5.69. The number of hydrogen-bond acceptors (Lipinski definition) is 3. The molecule has 6 nitrogen and oxygen atoms in total. The van der Waals surface area contributed by atoms with Gasteiger partial charge >= 0.3 is 12.0 Å². The maximum atomic E-state index is 11.7. The molecule has 92 valence electrons. The third kappa shape index (κ3) is 3.37. The van der Waals surface area contributed by atoms with E-state index in [0.29, 0.717) is 6.54 Å². The molecule has 1 aliphatic rings. The van der Waals surface area contributed by atoms with Crippen molar-refractivity contribution in [3.63, 3.8) is 0 Å². The van der Waals surface area contributed by atoms with E-state index in [1.807, 2.05) is 6.92 Å². The first-order valence-electron chi connectivity index (χ1n) is 5.51. The summed E-state index contributed by atoms with van der Waals surface area (Å²) in [7, 11) is 0. The second-order valence-electron chi connectivity index (χ2n) is 3.87. The number of nitrogens with one attached hydrogen (secondary N) is 1. The molecule has 1 atom stereocenters. The van der Waals surface area contributed by atoms with Gasteiger partial charge in [-0.05, 0) is 19.8 Å². The second-order valence-corrected chi connectivity index (χ2v) is 3.87. The van der Waals surface area contributed by atoms with Gasteiger partial charge in [0.1, 0.15) is 6.04 Å². The summed E-state index contributed by atoms with van der Waals surface area (Å²) in [5.74, 6) is -1.12. The number of urea groups is 1. The van der Waals surface area contributed by atoms with Crippen molar-refractivity contribution in [1.29, 1.82) is 0 Å². The minimum absolute atomic E-state index is 0.0310. The van der Waals surface area contributed by atoms with Crippen molar-refractivity contribution in [2.75, 3.05) is 13.2 Å². The number of carboxylic acids is 1. The van der Waals surface area contributed by atoms with Crippen LogP contribution in [0.15, 0.2) is 0 Å². The third-order valence-electron chi connectivity index (χ3n) is 2.60. The molecular formula is C10H18N2O4. The van der Waals surface area contributed by atoms with Gasteiger partial charge in [0, 0.05) is 25.6 Å². The standard InChI is InChI=1S/C10H18N2O4/c1-2-12(7-3-4-7)10(16)11-8(5-6-13)9(14)15/h7-8,13H,2-6H2,1H3,(H,11,16)(H,14,15). The minimum atomic E-state index is -1.12. The van der Waals surface area contributed by atoms with Gasteiger partial charge in [-0.25, -0.2) is 9.59 Å². The van der Waals surface area contributed by atoms with Crippen LogP contribution < -0.4 is 5.32 Å². The van der Waals surface area contributed by atoms with E-state index < -0.39 is 12.0 Å². The van der Waals surface area contributed by atoms with Gasteiger partial charge in [-0.1, -0.05) is 0 Å². The molecular weight excluding hydrogens is 212 g/mol. The predicted molar refractivity (Wildman–Crippen MR) is 57.1 cm³/mol. The fourth-order valence-corrected chi connectivity index (χ4v) is 1.57. The van der Waals surface area contributed by atoms with Gasteiger partial charge in [0.25, 0.3) is 0 Å². The summed E-state index contributed by atoms with van der Waals surface area (Å²) in [4.78, 5) is 24.1. The number of carbonyl (C=O) groups excluding carboxylic acids is 1. The van der Waals surface area contributed by atoms with E-state index >= 15 is 0 Å². The number of hydrogen-bond donors (Lipinski definition) is 3. The molecule has 0 radical (unpaired) electrons. The normalized spacial score (nSPS) is 16.6. The highest BCUT2D eigenvalue weighted by Gasteiger charge is 2.32. The fraction of sp³-hybridized carbons (Fsp3) is 0.800. The topological polar surface area (TPSA) is 89.9 Å². The molecule has 16 heavy (non-hydrogen) atoms. The molecule has 0 aliphatic heterocycles. The number of carbonyl (C=O) groups is 2. The summed E-state index contributed by atoms with van der Waals surface area (Å²) >= 11 is 0. The van der Waals surface area contributed by atoms with Gasteiger partial charge in [0.05, 0.1) is 0 Å². The zero-order chi connectivity index (χ0) is 12.1. The summed E-state index contributed by atoms with van der Waals surface area (Å²) < 4.78 is 0. The Morgan fingerprint density at radius 1 is 1.50 bits per heavy atom. The van der Waals surface area contributed by atoms with Crippen LogP contribution in [-0.2, 0) is 4.79 Å². The number of nitrogens with zero attached hydrogens (tertiary/aromatic N) is 1. The fourth-order valence-electron chi connectivity index (χ4n) is 1.57. The quantitative estimate of drug-likeness (QED) is 0.600. The molecule has 0 saturated heterocycles. The summed E-state index contributed by atoms with van der Waals surface area (Å²) in [5, 5.41) is 19.9. The van der Waals surface area contributed by atoms with Crippen LogP contribution in [0.3, 0.4) is 0 Å². The van der Waals surface area contributed by atoms with Crippen LogP contribution in [0.5, 0.6) is 0 Å². The van der Waals surface area contributed by atoms with Crippen molar-refractivity contribution in [3.05, 3.63) is 0 Å². The zero-order valence-electron chi connectivity index (χ0n) is 9.35. The van der Waals surface area contributed by atoms with Crippen LogP contribution in [-0.4, -0.2) is 52.3 Å². The van der Waals surface area contributed by atoms with Gasteiger partial charge < -0.3 is 20.4 Å². The van der Waals surface area contributed by atoms with Crippen LogP contribution in [0.1, 0.15) is 26.2 Å². The van der Waals surface area contributed by atoms with Gasteiger partial charge in [-0.15, -0.1) is 0 Å². The van der Waals surface area contributed by atoms with E-state index in [1.165, 1.54) is 0 Å². The molecule has 0 heterocycles. The van der Waals surface area contributed by atoms with E-state index in [9.17, 15) is 9.59 Å². The average Bonchev–Trinajstić information content (AvgIpc) is 3.02. The molecule has 0 aromatic carbocycles. The Balaban J connectivity index is 2.48. The van der Waals surface area contributed by atoms with Crippen molar-refractivity contribution >= 4 is 12.0 Å². The van der Waals surface area contributed by atoms with E-state index in [-0.39, 0.29) is 25.1 Å². The number of aliphatic hydroxyl groups excluding tert-OH is 1. The molecule has 1 rings (SSSR count). The van der Waals surface area contributed by atoms with Crippen molar-refractivity contribution in [1.82, 2.24) is 10.2 Å². The number of rotatable bonds is 6. The molecule has 1 unspecified atom stereocenters. The Bertz CT molecular complexity index is 266. The first-order valence-corrected chi connectivity index (χ1v) is 5.51. The van der Waals surface area contributed by atoms with E-state index in [1.54, 1.807) is 4.90 Å².